The average Bonchev–Trinajstić information content (AvgIpc) is 3.15. The molecule has 29 heavy (non-hydrogen) atoms. The highest BCUT2D eigenvalue weighted by Gasteiger charge is 2.20. The predicted octanol–water partition coefficient (Wildman–Crippen LogP) is 3.93. The monoisotopic (exact) mass is 410 g/mol. The summed E-state index contributed by atoms with van der Waals surface area (Å²) in [6.07, 6.45) is 4.54. The third kappa shape index (κ3) is 4.85. The maximum absolute atomic E-state index is 12.7. The van der Waals surface area contributed by atoms with Crippen LogP contribution < -0.4 is 9.47 Å². The lowest BCUT2D eigenvalue weighted by molar-refractivity contribution is -0.134. The summed E-state index contributed by atoms with van der Waals surface area (Å²) < 4.78 is 15.4. The number of carbonyl (C=O) groups is 2. The number of pyridine rings is 1. The molecule has 0 fully saturated rings. The molecule has 0 amide bonds. The minimum absolute atomic E-state index is 0.264. The second-order valence-electron chi connectivity index (χ2n) is 5.80. The van der Waals surface area contributed by atoms with Gasteiger partial charge in [-0.3, -0.25) is 4.98 Å². The second kappa shape index (κ2) is 9.11. The predicted molar refractivity (Wildman–Crippen MR) is 109 cm³/mol. The number of aryl methyl sites for hydroxylation is 1. The molecule has 0 bridgehead atoms. The number of hydrogen-bond donors (Lipinski definition) is 0. The van der Waals surface area contributed by atoms with Crippen LogP contribution in [0.2, 0.25) is 0 Å². The topological polar surface area (TPSA) is 87.6 Å². The Hall–Kier alpha value is -3.52. The summed E-state index contributed by atoms with van der Waals surface area (Å²) in [6.45, 7) is 1.75. The standard InChI is InChI=1S/C21H18N2O5S/c1-13-19(29-20(23-13)15-6-4-5-11-22-15)21(25)28-16-9-7-14(12-17(16)26-2)8-10-18(24)27-3/h4-12H,1-3H3/b10-8+. The molecule has 0 unspecified atom stereocenters. The Morgan fingerprint density at radius 3 is 2.62 bits per heavy atom. The van der Waals surface area contributed by atoms with Crippen molar-refractivity contribution in [3.05, 3.63) is 64.8 Å². The van der Waals surface area contributed by atoms with Gasteiger partial charge in [0.1, 0.15) is 9.88 Å². The SMILES string of the molecule is COC(=O)/C=C/c1ccc(OC(=O)c2sc(-c3ccccn3)nc2C)c(OC)c1. The van der Waals surface area contributed by atoms with Gasteiger partial charge in [-0.05, 0) is 42.8 Å². The van der Waals surface area contributed by atoms with Crippen molar-refractivity contribution < 1.29 is 23.8 Å². The number of thiazole rings is 1. The molecule has 1 aromatic carbocycles. The number of benzene rings is 1. The third-order valence-electron chi connectivity index (χ3n) is 3.87. The van der Waals surface area contributed by atoms with E-state index < -0.39 is 11.9 Å². The van der Waals surface area contributed by atoms with E-state index >= 15 is 0 Å². The fourth-order valence-electron chi connectivity index (χ4n) is 2.44. The maximum Gasteiger partial charge on any atom is 0.355 e. The van der Waals surface area contributed by atoms with Crippen molar-refractivity contribution in [1.29, 1.82) is 0 Å². The molecule has 148 valence electrons. The number of esters is 2. The van der Waals surface area contributed by atoms with E-state index in [0.29, 0.717) is 32.6 Å². The number of ether oxygens (including phenoxy) is 3. The highest BCUT2D eigenvalue weighted by Crippen LogP contribution is 2.32. The zero-order valence-electron chi connectivity index (χ0n) is 16.0. The molecule has 0 saturated carbocycles. The number of nitrogens with zero attached hydrogens (tertiary/aromatic N) is 2. The van der Waals surface area contributed by atoms with Gasteiger partial charge in [0.05, 0.1) is 25.6 Å². The Kier molecular flexibility index (Phi) is 6.36. The van der Waals surface area contributed by atoms with Gasteiger partial charge in [0, 0.05) is 12.3 Å². The Labute approximate surface area is 171 Å². The van der Waals surface area contributed by atoms with Gasteiger partial charge < -0.3 is 14.2 Å². The van der Waals surface area contributed by atoms with Crippen LogP contribution in [0, 0.1) is 6.92 Å². The van der Waals surface area contributed by atoms with Crippen LogP contribution in [0.3, 0.4) is 0 Å². The molecule has 3 rings (SSSR count). The number of hydrogen-bond acceptors (Lipinski definition) is 8. The fraction of sp³-hybridized carbons (Fsp3) is 0.143. The molecule has 3 aromatic rings. The molecule has 7 nitrogen and oxygen atoms in total. The van der Waals surface area contributed by atoms with E-state index in [1.165, 1.54) is 31.6 Å². The summed E-state index contributed by atoms with van der Waals surface area (Å²) in [7, 11) is 2.77. The zero-order chi connectivity index (χ0) is 20.8. The molecule has 0 aliphatic carbocycles. The van der Waals surface area contributed by atoms with Gasteiger partial charge >= 0.3 is 11.9 Å². The molecular weight excluding hydrogens is 392 g/mol. The molecule has 0 N–H and O–H groups in total. The van der Waals surface area contributed by atoms with Crippen molar-refractivity contribution >= 4 is 29.4 Å². The minimum Gasteiger partial charge on any atom is -0.493 e. The molecule has 0 aliphatic rings. The number of carbonyl (C=O) groups excluding carboxylic acids is 2. The normalized spacial score (nSPS) is 10.7. The largest absolute Gasteiger partial charge is 0.493 e. The maximum atomic E-state index is 12.7. The average molecular weight is 410 g/mol. The molecule has 2 heterocycles. The summed E-state index contributed by atoms with van der Waals surface area (Å²) in [6, 6.07) is 10.5. The van der Waals surface area contributed by atoms with Crippen molar-refractivity contribution in [2.75, 3.05) is 14.2 Å². The van der Waals surface area contributed by atoms with Gasteiger partial charge in [0.15, 0.2) is 11.5 Å². The van der Waals surface area contributed by atoms with Crippen molar-refractivity contribution in [2.24, 2.45) is 0 Å². The highest BCUT2D eigenvalue weighted by atomic mass is 32.1. The third-order valence-corrected chi connectivity index (χ3v) is 5.03. The lowest BCUT2D eigenvalue weighted by Crippen LogP contribution is -2.09. The lowest BCUT2D eigenvalue weighted by atomic mass is 10.2. The van der Waals surface area contributed by atoms with E-state index in [0.717, 1.165) is 0 Å². The van der Waals surface area contributed by atoms with E-state index in [1.54, 1.807) is 37.4 Å². The Morgan fingerprint density at radius 2 is 1.93 bits per heavy atom. The van der Waals surface area contributed by atoms with Gasteiger partial charge in [0.2, 0.25) is 0 Å². The first kappa shape index (κ1) is 20.2. The Bertz CT molecular complexity index is 1060. The van der Waals surface area contributed by atoms with E-state index in [1.807, 2.05) is 18.2 Å². The Morgan fingerprint density at radius 1 is 1.10 bits per heavy atom. The quantitative estimate of drug-likeness (QED) is 0.346. The highest BCUT2D eigenvalue weighted by molar-refractivity contribution is 7.17. The Balaban J connectivity index is 1.81. The molecule has 0 aliphatic heterocycles. The molecule has 8 heteroatoms. The van der Waals surface area contributed by atoms with Crippen LogP contribution in [-0.2, 0) is 9.53 Å². The first-order chi connectivity index (χ1) is 14.0. The summed E-state index contributed by atoms with van der Waals surface area (Å²) in [4.78, 5) is 33.0. The number of methoxy groups -OCH3 is 2. The molecular formula is C21H18N2O5S. The van der Waals surface area contributed by atoms with Crippen molar-refractivity contribution in [2.45, 2.75) is 6.92 Å². The molecule has 0 radical (unpaired) electrons. The van der Waals surface area contributed by atoms with Crippen LogP contribution in [0.25, 0.3) is 16.8 Å². The first-order valence-electron chi connectivity index (χ1n) is 8.57. The van der Waals surface area contributed by atoms with E-state index in [4.69, 9.17) is 9.47 Å². The van der Waals surface area contributed by atoms with Crippen LogP contribution in [0.15, 0.2) is 48.7 Å². The van der Waals surface area contributed by atoms with Crippen LogP contribution in [-0.4, -0.2) is 36.1 Å². The van der Waals surface area contributed by atoms with Crippen molar-refractivity contribution in [3.8, 4) is 22.2 Å². The summed E-state index contributed by atoms with van der Waals surface area (Å²) >= 11 is 1.22. The van der Waals surface area contributed by atoms with E-state index in [9.17, 15) is 9.59 Å². The van der Waals surface area contributed by atoms with E-state index in [2.05, 4.69) is 14.7 Å². The summed E-state index contributed by atoms with van der Waals surface area (Å²) in [5, 5.41) is 0.644. The van der Waals surface area contributed by atoms with Crippen molar-refractivity contribution in [1.82, 2.24) is 9.97 Å². The van der Waals surface area contributed by atoms with Gasteiger partial charge in [-0.15, -0.1) is 11.3 Å². The molecule has 0 spiro atoms. The van der Waals surface area contributed by atoms with Crippen LogP contribution in [0.5, 0.6) is 11.5 Å². The van der Waals surface area contributed by atoms with Gasteiger partial charge in [-0.25, -0.2) is 14.6 Å². The van der Waals surface area contributed by atoms with Gasteiger partial charge in [-0.1, -0.05) is 12.1 Å². The number of rotatable bonds is 6. The molecule has 2 aromatic heterocycles. The van der Waals surface area contributed by atoms with Crippen LogP contribution in [0.1, 0.15) is 20.9 Å². The van der Waals surface area contributed by atoms with E-state index in [-0.39, 0.29) is 5.75 Å². The lowest BCUT2D eigenvalue weighted by Gasteiger charge is -2.09. The molecule has 0 saturated heterocycles. The smallest absolute Gasteiger partial charge is 0.355 e. The molecule has 0 atom stereocenters. The van der Waals surface area contributed by atoms with Crippen LogP contribution in [0.4, 0.5) is 0 Å². The van der Waals surface area contributed by atoms with Gasteiger partial charge in [-0.2, -0.15) is 0 Å². The number of aromatic nitrogens is 2. The second-order valence-corrected chi connectivity index (χ2v) is 6.80. The first-order valence-corrected chi connectivity index (χ1v) is 9.38. The van der Waals surface area contributed by atoms with Gasteiger partial charge in [0.25, 0.3) is 0 Å². The zero-order valence-corrected chi connectivity index (χ0v) is 16.9. The van der Waals surface area contributed by atoms with Crippen LogP contribution >= 0.6 is 11.3 Å². The fourth-order valence-corrected chi connectivity index (χ4v) is 3.35. The minimum atomic E-state index is -0.529. The summed E-state index contributed by atoms with van der Waals surface area (Å²) in [5.74, 6) is -0.375. The van der Waals surface area contributed by atoms with Crippen molar-refractivity contribution in [3.63, 3.8) is 0 Å². The summed E-state index contributed by atoms with van der Waals surface area (Å²) in [5.41, 5.74) is 1.95.